The molecule has 0 saturated heterocycles. The van der Waals surface area contributed by atoms with Crippen LogP contribution < -0.4 is 0 Å². The van der Waals surface area contributed by atoms with Gasteiger partial charge in [0.05, 0.1) is 10.2 Å². The van der Waals surface area contributed by atoms with Crippen molar-refractivity contribution in [3.8, 4) is 10.7 Å². The number of benzene rings is 1. The Kier molecular flexibility index (Phi) is 3.80. The van der Waals surface area contributed by atoms with Crippen LogP contribution >= 0.6 is 11.3 Å². The quantitative estimate of drug-likeness (QED) is 0.563. The molecular formula is C20H24N2S. The molecule has 0 N–H and O–H groups in total. The standard InChI is InChI=1S/C20H24N2S/c1-9-10(2)15(7)19-17(13(9)5)22-20(23-19)18-14(6)11(3)12(4)16(8)21-18/h1-8H3. The molecule has 2 nitrogen and oxygen atoms in total. The van der Waals surface area contributed by atoms with Gasteiger partial charge in [0.25, 0.3) is 0 Å². The average Bonchev–Trinajstić information content (AvgIpc) is 2.97. The van der Waals surface area contributed by atoms with Crippen molar-refractivity contribution in [3.05, 3.63) is 44.6 Å². The molecule has 0 radical (unpaired) electrons. The average molecular weight is 324 g/mol. The van der Waals surface area contributed by atoms with Crippen molar-refractivity contribution in [2.24, 2.45) is 0 Å². The zero-order valence-corrected chi connectivity index (χ0v) is 16.1. The van der Waals surface area contributed by atoms with E-state index < -0.39 is 0 Å². The fourth-order valence-electron chi connectivity index (χ4n) is 3.11. The molecule has 3 rings (SSSR count). The van der Waals surface area contributed by atoms with Gasteiger partial charge in [-0.3, -0.25) is 4.98 Å². The van der Waals surface area contributed by atoms with Gasteiger partial charge in [-0.25, -0.2) is 4.98 Å². The third kappa shape index (κ3) is 2.29. The van der Waals surface area contributed by atoms with E-state index in [4.69, 9.17) is 9.97 Å². The van der Waals surface area contributed by atoms with Crippen molar-refractivity contribution in [2.75, 3.05) is 0 Å². The lowest BCUT2D eigenvalue weighted by Gasteiger charge is -2.11. The highest BCUT2D eigenvalue weighted by Gasteiger charge is 2.18. The molecule has 0 unspecified atom stereocenters. The number of rotatable bonds is 1. The van der Waals surface area contributed by atoms with Crippen LogP contribution in [0.25, 0.3) is 20.9 Å². The molecule has 0 spiro atoms. The summed E-state index contributed by atoms with van der Waals surface area (Å²) >= 11 is 1.78. The molecule has 23 heavy (non-hydrogen) atoms. The maximum absolute atomic E-state index is 4.97. The van der Waals surface area contributed by atoms with Gasteiger partial charge in [-0.05, 0) is 94.3 Å². The van der Waals surface area contributed by atoms with Crippen LogP contribution in [-0.4, -0.2) is 9.97 Å². The van der Waals surface area contributed by atoms with Crippen molar-refractivity contribution in [1.29, 1.82) is 0 Å². The van der Waals surface area contributed by atoms with Crippen molar-refractivity contribution >= 4 is 21.6 Å². The summed E-state index contributed by atoms with van der Waals surface area (Å²) in [6.07, 6.45) is 0. The van der Waals surface area contributed by atoms with E-state index in [0.29, 0.717) is 0 Å². The van der Waals surface area contributed by atoms with E-state index in [9.17, 15) is 0 Å². The predicted molar refractivity (Wildman–Crippen MR) is 101 cm³/mol. The largest absolute Gasteiger partial charge is 0.250 e. The minimum absolute atomic E-state index is 1.04. The van der Waals surface area contributed by atoms with E-state index in [1.807, 2.05) is 0 Å². The molecule has 0 fully saturated rings. The van der Waals surface area contributed by atoms with Gasteiger partial charge < -0.3 is 0 Å². The molecule has 1 aromatic carbocycles. The fraction of sp³-hybridized carbons (Fsp3) is 0.400. The summed E-state index contributed by atoms with van der Waals surface area (Å²) in [5, 5.41) is 1.04. The summed E-state index contributed by atoms with van der Waals surface area (Å²) < 4.78 is 1.30. The first-order valence-electron chi connectivity index (χ1n) is 8.05. The minimum atomic E-state index is 1.04. The van der Waals surface area contributed by atoms with Crippen LogP contribution in [0.3, 0.4) is 0 Å². The second-order valence-electron chi connectivity index (χ2n) is 6.62. The Bertz CT molecular complexity index is 904. The zero-order chi connectivity index (χ0) is 17.0. The van der Waals surface area contributed by atoms with Crippen molar-refractivity contribution in [3.63, 3.8) is 0 Å². The van der Waals surface area contributed by atoms with Crippen molar-refractivity contribution in [2.45, 2.75) is 55.4 Å². The second-order valence-corrected chi connectivity index (χ2v) is 7.62. The van der Waals surface area contributed by atoms with Crippen LogP contribution in [0.2, 0.25) is 0 Å². The Balaban J connectivity index is 2.36. The number of hydrogen-bond donors (Lipinski definition) is 0. The Labute approximate surface area is 142 Å². The van der Waals surface area contributed by atoms with Gasteiger partial charge in [-0.15, -0.1) is 11.3 Å². The smallest absolute Gasteiger partial charge is 0.143 e. The fourth-order valence-corrected chi connectivity index (χ4v) is 4.34. The van der Waals surface area contributed by atoms with Gasteiger partial charge in [0.1, 0.15) is 10.7 Å². The number of fused-ring (bicyclic) bond motifs is 1. The van der Waals surface area contributed by atoms with E-state index in [1.54, 1.807) is 11.3 Å². The van der Waals surface area contributed by atoms with Gasteiger partial charge in [0.15, 0.2) is 0 Å². The lowest BCUT2D eigenvalue weighted by molar-refractivity contribution is 1.09. The molecule has 0 atom stereocenters. The highest BCUT2D eigenvalue weighted by Crippen LogP contribution is 2.38. The molecule has 3 heteroatoms. The summed E-state index contributed by atoms with van der Waals surface area (Å²) in [6, 6.07) is 0. The number of aromatic nitrogens is 2. The van der Waals surface area contributed by atoms with E-state index in [2.05, 4.69) is 55.4 Å². The third-order valence-electron chi connectivity index (χ3n) is 5.52. The van der Waals surface area contributed by atoms with Crippen LogP contribution in [0.1, 0.15) is 44.6 Å². The van der Waals surface area contributed by atoms with Crippen LogP contribution in [0, 0.1) is 55.4 Å². The molecule has 3 aromatic rings. The number of aryl methyl sites for hydroxylation is 3. The van der Waals surface area contributed by atoms with E-state index in [-0.39, 0.29) is 0 Å². The molecule has 0 aliphatic heterocycles. The van der Waals surface area contributed by atoms with Gasteiger partial charge in [0, 0.05) is 5.69 Å². The molecule has 0 amide bonds. The molecule has 120 valence electrons. The third-order valence-corrected chi connectivity index (χ3v) is 6.70. The van der Waals surface area contributed by atoms with Crippen LogP contribution in [0.4, 0.5) is 0 Å². The Morgan fingerprint density at radius 1 is 0.565 bits per heavy atom. The number of pyridine rings is 1. The van der Waals surface area contributed by atoms with Gasteiger partial charge in [-0.1, -0.05) is 0 Å². The van der Waals surface area contributed by atoms with E-state index >= 15 is 0 Å². The first-order valence-corrected chi connectivity index (χ1v) is 8.87. The van der Waals surface area contributed by atoms with E-state index in [0.717, 1.165) is 21.9 Å². The number of nitrogens with zero attached hydrogens (tertiary/aromatic N) is 2. The maximum Gasteiger partial charge on any atom is 0.143 e. The summed E-state index contributed by atoms with van der Waals surface area (Å²) in [7, 11) is 0. The maximum atomic E-state index is 4.97. The topological polar surface area (TPSA) is 25.8 Å². The lowest BCUT2D eigenvalue weighted by atomic mass is 9.98. The molecule has 0 saturated carbocycles. The molecule has 2 heterocycles. The van der Waals surface area contributed by atoms with Crippen LogP contribution in [0.15, 0.2) is 0 Å². The number of hydrogen-bond acceptors (Lipinski definition) is 3. The second kappa shape index (κ2) is 5.41. The minimum Gasteiger partial charge on any atom is -0.250 e. The monoisotopic (exact) mass is 324 g/mol. The van der Waals surface area contributed by atoms with Gasteiger partial charge >= 0.3 is 0 Å². The molecule has 2 aromatic heterocycles. The molecular weight excluding hydrogens is 300 g/mol. The highest BCUT2D eigenvalue weighted by atomic mass is 32.1. The Hall–Kier alpha value is -1.74. The first kappa shape index (κ1) is 16.1. The summed E-state index contributed by atoms with van der Waals surface area (Å²) in [5.41, 5.74) is 12.5. The summed E-state index contributed by atoms with van der Waals surface area (Å²) in [5.74, 6) is 0. The van der Waals surface area contributed by atoms with Crippen LogP contribution in [-0.2, 0) is 0 Å². The zero-order valence-electron chi connectivity index (χ0n) is 15.3. The number of thiazole rings is 1. The Morgan fingerprint density at radius 2 is 1.13 bits per heavy atom. The normalized spacial score (nSPS) is 11.5. The SMILES string of the molecule is Cc1nc(-c2nc3c(C)c(C)c(C)c(C)c3s2)c(C)c(C)c1C. The first-order chi connectivity index (χ1) is 10.7. The molecule has 0 aliphatic rings. The molecule has 0 bridgehead atoms. The van der Waals surface area contributed by atoms with Crippen LogP contribution in [0.5, 0.6) is 0 Å². The van der Waals surface area contributed by atoms with Gasteiger partial charge in [-0.2, -0.15) is 0 Å². The lowest BCUT2D eigenvalue weighted by Crippen LogP contribution is -1.99. The summed E-state index contributed by atoms with van der Waals surface area (Å²) in [4.78, 5) is 9.82. The summed E-state index contributed by atoms with van der Waals surface area (Å²) in [6.45, 7) is 17.4. The Morgan fingerprint density at radius 3 is 1.78 bits per heavy atom. The van der Waals surface area contributed by atoms with Crippen molar-refractivity contribution < 1.29 is 0 Å². The predicted octanol–water partition coefficient (Wildman–Crippen LogP) is 5.83. The van der Waals surface area contributed by atoms with Crippen molar-refractivity contribution in [1.82, 2.24) is 9.97 Å². The highest BCUT2D eigenvalue weighted by molar-refractivity contribution is 7.21. The van der Waals surface area contributed by atoms with Gasteiger partial charge in [0.2, 0.25) is 0 Å². The molecule has 0 aliphatic carbocycles. The van der Waals surface area contributed by atoms with E-state index in [1.165, 1.54) is 43.6 Å².